The zero-order valence-electron chi connectivity index (χ0n) is 14.8. The second kappa shape index (κ2) is 9.42. The van der Waals surface area contributed by atoms with Crippen molar-refractivity contribution in [2.24, 2.45) is 5.73 Å². The number of nitro groups is 1. The molecule has 0 bridgehead atoms. The molecule has 0 aliphatic rings. The van der Waals surface area contributed by atoms with Crippen LogP contribution in [0.1, 0.15) is 48.0 Å². The minimum Gasteiger partial charge on any atom is -0.366 e. The van der Waals surface area contributed by atoms with E-state index in [2.05, 4.69) is 29.4 Å². The number of nitrogens with one attached hydrogen (secondary N) is 1. The van der Waals surface area contributed by atoms with Crippen molar-refractivity contribution < 1.29 is 14.5 Å². The Morgan fingerprint density at radius 3 is 2.63 bits per heavy atom. The quantitative estimate of drug-likeness (QED) is 0.368. The Kier molecular flexibility index (Phi) is 7.25. The molecule has 1 heterocycles. The summed E-state index contributed by atoms with van der Waals surface area (Å²) in [5, 5.41) is 23.2. The predicted molar refractivity (Wildman–Crippen MR) is 104 cm³/mol. The van der Waals surface area contributed by atoms with Gasteiger partial charge in [0.1, 0.15) is 5.01 Å². The van der Waals surface area contributed by atoms with Crippen LogP contribution in [0.25, 0.3) is 0 Å². The van der Waals surface area contributed by atoms with E-state index in [4.69, 9.17) is 5.73 Å². The lowest BCUT2D eigenvalue weighted by Crippen LogP contribution is -2.14. The highest BCUT2D eigenvalue weighted by molar-refractivity contribution is 8.00. The Morgan fingerprint density at radius 2 is 2.04 bits per heavy atom. The van der Waals surface area contributed by atoms with E-state index in [1.807, 2.05) is 0 Å². The van der Waals surface area contributed by atoms with Gasteiger partial charge in [-0.3, -0.25) is 25.0 Å². The summed E-state index contributed by atoms with van der Waals surface area (Å²) in [5.41, 5.74) is 4.91. The molecule has 2 rings (SSSR count). The molecule has 27 heavy (non-hydrogen) atoms. The van der Waals surface area contributed by atoms with Crippen LogP contribution in [0.5, 0.6) is 0 Å². The van der Waals surface area contributed by atoms with Crippen LogP contribution >= 0.6 is 23.1 Å². The fourth-order valence-electron chi connectivity index (χ4n) is 2.32. The van der Waals surface area contributed by atoms with E-state index in [9.17, 15) is 19.7 Å². The lowest BCUT2D eigenvalue weighted by atomic mass is 10.1. The number of primary amides is 1. The first-order chi connectivity index (χ1) is 12.8. The fourth-order valence-corrected chi connectivity index (χ4v) is 4.15. The number of carbonyl (C=O) groups excluding carboxylic acids is 2. The average molecular weight is 409 g/mol. The topological polar surface area (TPSA) is 141 Å². The summed E-state index contributed by atoms with van der Waals surface area (Å²) in [4.78, 5) is 34.1. The summed E-state index contributed by atoms with van der Waals surface area (Å²) in [6, 6.07) is 3.91. The molecular weight excluding hydrogens is 390 g/mol. The summed E-state index contributed by atoms with van der Waals surface area (Å²) in [6.45, 7) is 4.14. The molecule has 0 unspecified atom stereocenters. The monoisotopic (exact) mass is 409 g/mol. The molecule has 11 heteroatoms. The van der Waals surface area contributed by atoms with Crippen molar-refractivity contribution in [3.63, 3.8) is 0 Å². The van der Waals surface area contributed by atoms with Crippen molar-refractivity contribution in [2.75, 3.05) is 11.1 Å². The molecule has 3 N–H and O–H groups in total. The minimum atomic E-state index is -0.753. The molecule has 0 atom stereocenters. The Hall–Kier alpha value is -2.53. The number of nitrogens with zero attached hydrogens (tertiary/aromatic N) is 3. The molecule has 144 valence electrons. The number of thioether (sulfide) groups is 1. The van der Waals surface area contributed by atoms with Crippen LogP contribution in [0.4, 0.5) is 10.8 Å². The van der Waals surface area contributed by atoms with E-state index in [0.717, 1.165) is 35.7 Å². The zero-order valence-corrected chi connectivity index (χ0v) is 16.4. The summed E-state index contributed by atoms with van der Waals surface area (Å²) in [6.07, 6.45) is 1.89. The molecule has 0 spiro atoms. The van der Waals surface area contributed by atoms with Crippen LogP contribution in [0.15, 0.2) is 23.1 Å². The average Bonchev–Trinajstić information content (AvgIpc) is 3.08. The molecule has 2 aromatic rings. The Bertz CT molecular complexity index is 851. The van der Waals surface area contributed by atoms with Crippen molar-refractivity contribution in [2.45, 2.75) is 37.5 Å². The third-order valence-corrected chi connectivity index (χ3v) is 5.88. The van der Waals surface area contributed by atoms with Gasteiger partial charge in [0.2, 0.25) is 16.9 Å². The summed E-state index contributed by atoms with van der Waals surface area (Å²) in [5.74, 6) is -0.831. The van der Waals surface area contributed by atoms with Gasteiger partial charge in [-0.15, -0.1) is 22.0 Å². The maximum absolute atomic E-state index is 12.1. The van der Waals surface area contributed by atoms with E-state index in [1.165, 1.54) is 23.5 Å². The van der Waals surface area contributed by atoms with Crippen LogP contribution in [0.3, 0.4) is 0 Å². The number of amides is 2. The van der Waals surface area contributed by atoms with Gasteiger partial charge in [-0.1, -0.05) is 25.2 Å². The number of hydrogen-bond donors (Lipinski definition) is 2. The highest BCUT2D eigenvalue weighted by atomic mass is 32.2. The molecule has 0 aliphatic carbocycles. The molecule has 1 aromatic carbocycles. The highest BCUT2D eigenvalue weighted by Gasteiger charge is 2.19. The number of nitro benzene ring substituents is 1. The lowest BCUT2D eigenvalue weighted by molar-refractivity contribution is -0.387. The Balaban J connectivity index is 2.01. The fraction of sp³-hybridized carbons (Fsp3) is 0.375. The summed E-state index contributed by atoms with van der Waals surface area (Å²) in [7, 11) is 0. The lowest BCUT2D eigenvalue weighted by Gasteiger charge is -2.06. The van der Waals surface area contributed by atoms with Gasteiger partial charge in [0, 0.05) is 17.5 Å². The van der Waals surface area contributed by atoms with Crippen molar-refractivity contribution in [1.82, 2.24) is 10.2 Å². The second-order valence-electron chi connectivity index (χ2n) is 5.60. The van der Waals surface area contributed by atoms with Gasteiger partial charge in [-0.05, 0) is 25.0 Å². The Morgan fingerprint density at radius 1 is 1.33 bits per heavy atom. The molecule has 1 aromatic heterocycles. The largest absolute Gasteiger partial charge is 0.366 e. The van der Waals surface area contributed by atoms with Crippen LogP contribution < -0.4 is 11.1 Å². The van der Waals surface area contributed by atoms with Gasteiger partial charge in [0.15, 0.2) is 0 Å². The van der Waals surface area contributed by atoms with Gasteiger partial charge in [-0.25, -0.2) is 0 Å². The van der Waals surface area contributed by atoms with Crippen molar-refractivity contribution in [3.8, 4) is 0 Å². The van der Waals surface area contributed by atoms with E-state index in [-0.39, 0.29) is 27.8 Å². The van der Waals surface area contributed by atoms with E-state index >= 15 is 0 Å². The van der Waals surface area contributed by atoms with Gasteiger partial charge < -0.3 is 5.73 Å². The molecule has 0 fully saturated rings. The van der Waals surface area contributed by atoms with Crippen molar-refractivity contribution >= 4 is 45.7 Å². The van der Waals surface area contributed by atoms with Crippen molar-refractivity contribution in [1.29, 1.82) is 0 Å². The third kappa shape index (κ3) is 5.47. The molecule has 0 saturated carbocycles. The third-order valence-electron chi connectivity index (χ3n) is 3.82. The van der Waals surface area contributed by atoms with Gasteiger partial charge in [-0.2, -0.15) is 0 Å². The van der Waals surface area contributed by atoms with Crippen LogP contribution in [0.2, 0.25) is 0 Å². The summed E-state index contributed by atoms with van der Waals surface area (Å²) >= 11 is 2.33. The molecule has 0 saturated heterocycles. The number of benzene rings is 1. The number of carbonyl (C=O) groups is 2. The minimum absolute atomic E-state index is 0.0401. The smallest absolute Gasteiger partial charge is 0.283 e. The first kappa shape index (κ1) is 20.8. The maximum Gasteiger partial charge on any atom is 0.283 e. The zero-order chi connectivity index (χ0) is 20.0. The van der Waals surface area contributed by atoms with Gasteiger partial charge in [0.25, 0.3) is 5.69 Å². The van der Waals surface area contributed by atoms with Crippen LogP contribution in [-0.4, -0.2) is 32.7 Å². The maximum atomic E-state index is 12.1. The van der Waals surface area contributed by atoms with Crippen LogP contribution in [0, 0.1) is 10.1 Å². The highest BCUT2D eigenvalue weighted by Crippen LogP contribution is 2.31. The normalized spacial score (nSPS) is 10.8. The van der Waals surface area contributed by atoms with E-state index < -0.39 is 10.8 Å². The molecular formula is C16H19N5O4S2. The number of anilines is 1. The first-order valence-corrected chi connectivity index (χ1v) is 10.00. The van der Waals surface area contributed by atoms with E-state index in [1.54, 1.807) is 0 Å². The van der Waals surface area contributed by atoms with Gasteiger partial charge >= 0.3 is 0 Å². The van der Waals surface area contributed by atoms with Crippen molar-refractivity contribution in [3.05, 3.63) is 38.9 Å². The SMILES string of the molecule is CCC(CC)c1nnc(NC(=O)CSc2ccc(C(N)=O)cc2[N+](=O)[O-])s1. The van der Waals surface area contributed by atoms with Crippen LogP contribution in [-0.2, 0) is 4.79 Å². The number of nitrogens with two attached hydrogens (primary N) is 1. The predicted octanol–water partition coefficient (Wildman–Crippen LogP) is 3.18. The molecule has 0 radical (unpaired) electrons. The standard InChI is InChI=1S/C16H19N5O4S2/c1-3-9(4-2)15-19-20-16(27-15)18-13(22)8-26-12-6-5-10(14(17)23)7-11(12)21(24)25/h5-7,9H,3-4,8H2,1-2H3,(H2,17,23)(H,18,20,22). The van der Waals surface area contributed by atoms with Gasteiger partial charge in [0.05, 0.1) is 15.6 Å². The second-order valence-corrected chi connectivity index (χ2v) is 7.63. The Labute approximate surface area is 163 Å². The first-order valence-electron chi connectivity index (χ1n) is 8.19. The molecule has 0 aliphatic heterocycles. The number of rotatable bonds is 9. The summed E-state index contributed by atoms with van der Waals surface area (Å²) < 4.78 is 0. The number of aromatic nitrogens is 2. The van der Waals surface area contributed by atoms with E-state index in [0.29, 0.717) is 11.0 Å². The molecule has 2 amide bonds. The number of hydrogen-bond acceptors (Lipinski definition) is 8. The molecule has 9 nitrogen and oxygen atoms in total.